The van der Waals surface area contributed by atoms with E-state index in [9.17, 15) is 0 Å². The van der Waals surface area contributed by atoms with E-state index in [-0.39, 0.29) is 11.7 Å². The predicted octanol–water partition coefficient (Wildman–Crippen LogP) is 1.85. The van der Waals surface area contributed by atoms with E-state index in [1.165, 1.54) is 0 Å². The summed E-state index contributed by atoms with van der Waals surface area (Å²) in [5.41, 5.74) is 0.902. The molecule has 2 aliphatic heterocycles. The molecule has 0 saturated carbocycles. The van der Waals surface area contributed by atoms with Crippen molar-refractivity contribution in [1.29, 1.82) is 0 Å². The van der Waals surface area contributed by atoms with E-state index in [4.69, 9.17) is 9.47 Å². The predicted molar refractivity (Wildman–Crippen MR) is 57.7 cm³/mol. The molecule has 0 aromatic carbocycles. The molecule has 3 rings (SSSR count). The number of fused-ring (bicyclic) bond motifs is 1. The van der Waals surface area contributed by atoms with Crippen molar-refractivity contribution in [2.24, 2.45) is 0 Å². The number of hydrogen-bond donors (Lipinski definition) is 0. The second kappa shape index (κ2) is 3.06. The van der Waals surface area contributed by atoms with Crippen molar-refractivity contribution in [1.82, 2.24) is 9.78 Å². The Morgan fingerprint density at radius 2 is 2.47 bits per heavy atom. The van der Waals surface area contributed by atoms with Crippen LogP contribution in [0.5, 0.6) is 0 Å². The molecule has 2 fully saturated rings. The Labute approximate surface area is 96.7 Å². The molecule has 0 spiro atoms. The average Bonchev–Trinajstić information content (AvgIpc) is 2.59. The van der Waals surface area contributed by atoms with Gasteiger partial charge in [-0.25, -0.2) is 0 Å². The van der Waals surface area contributed by atoms with Gasteiger partial charge in [0.05, 0.1) is 29.6 Å². The SMILES string of the molecule is CC(C)n1ncc(Br)c1[C@@]12COC[C@@H]1O2. The van der Waals surface area contributed by atoms with E-state index in [0.29, 0.717) is 19.3 Å². The molecule has 0 radical (unpaired) electrons. The van der Waals surface area contributed by atoms with Gasteiger partial charge in [0.25, 0.3) is 0 Å². The van der Waals surface area contributed by atoms with Gasteiger partial charge in [-0.2, -0.15) is 5.10 Å². The second-order valence-electron chi connectivity index (χ2n) is 4.39. The monoisotopic (exact) mass is 272 g/mol. The molecule has 0 unspecified atom stereocenters. The molecule has 5 heteroatoms. The lowest BCUT2D eigenvalue weighted by atomic mass is 10.0. The van der Waals surface area contributed by atoms with Crippen molar-refractivity contribution in [2.45, 2.75) is 31.6 Å². The third-order valence-corrected chi connectivity index (χ3v) is 3.62. The largest absolute Gasteiger partial charge is 0.375 e. The molecule has 15 heavy (non-hydrogen) atoms. The summed E-state index contributed by atoms with van der Waals surface area (Å²) in [6, 6.07) is 0.339. The van der Waals surface area contributed by atoms with Crippen molar-refractivity contribution in [3.05, 3.63) is 16.4 Å². The summed E-state index contributed by atoms with van der Waals surface area (Å²) in [5.74, 6) is 0. The van der Waals surface area contributed by atoms with Crippen LogP contribution in [0.3, 0.4) is 0 Å². The summed E-state index contributed by atoms with van der Waals surface area (Å²) >= 11 is 3.54. The average molecular weight is 273 g/mol. The van der Waals surface area contributed by atoms with Gasteiger partial charge in [0.2, 0.25) is 0 Å². The summed E-state index contributed by atoms with van der Waals surface area (Å²) in [7, 11) is 0. The van der Waals surface area contributed by atoms with Gasteiger partial charge in [0.15, 0.2) is 5.60 Å². The minimum atomic E-state index is -0.223. The number of epoxide rings is 1. The fourth-order valence-corrected chi connectivity index (χ4v) is 2.85. The summed E-state index contributed by atoms with van der Waals surface area (Å²) in [6.45, 7) is 5.59. The number of hydrogen-bond acceptors (Lipinski definition) is 3. The van der Waals surface area contributed by atoms with Crippen LogP contribution in [0.25, 0.3) is 0 Å². The maximum Gasteiger partial charge on any atom is 0.163 e. The molecule has 1 aromatic rings. The fourth-order valence-electron chi connectivity index (χ4n) is 2.24. The third-order valence-electron chi connectivity index (χ3n) is 3.04. The molecule has 0 bridgehead atoms. The standard InChI is InChI=1S/C10H13BrN2O2/c1-6(2)13-9(7(11)3-12-13)10-5-14-4-8(10)15-10/h3,6,8H,4-5H2,1-2H3/t8-,10+/m0/s1. The Balaban J connectivity index is 2.07. The molecule has 0 aliphatic carbocycles. The van der Waals surface area contributed by atoms with Crippen LogP contribution in [0.4, 0.5) is 0 Å². The molecule has 2 atom stereocenters. The maximum atomic E-state index is 5.74. The van der Waals surface area contributed by atoms with Crippen LogP contribution in [0.2, 0.25) is 0 Å². The lowest BCUT2D eigenvalue weighted by molar-refractivity contribution is 0.0655. The number of nitrogens with zero attached hydrogens (tertiary/aromatic N) is 2. The molecular formula is C10H13BrN2O2. The van der Waals surface area contributed by atoms with Crippen LogP contribution in [-0.4, -0.2) is 29.1 Å². The Morgan fingerprint density at radius 3 is 3.00 bits per heavy atom. The Morgan fingerprint density at radius 1 is 1.67 bits per heavy atom. The Kier molecular flexibility index (Phi) is 2.00. The molecule has 1 aromatic heterocycles. The lowest BCUT2D eigenvalue weighted by Gasteiger charge is -2.15. The highest BCUT2D eigenvalue weighted by atomic mass is 79.9. The van der Waals surface area contributed by atoms with Crippen LogP contribution in [0.1, 0.15) is 25.6 Å². The molecule has 82 valence electrons. The highest BCUT2D eigenvalue weighted by molar-refractivity contribution is 9.10. The molecule has 3 heterocycles. The first-order chi connectivity index (χ1) is 7.15. The Bertz CT molecular complexity index is 404. The zero-order chi connectivity index (χ0) is 10.6. The smallest absolute Gasteiger partial charge is 0.163 e. The maximum absolute atomic E-state index is 5.74. The van der Waals surface area contributed by atoms with E-state index in [1.807, 2.05) is 10.9 Å². The van der Waals surface area contributed by atoms with Gasteiger partial charge in [0, 0.05) is 6.04 Å². The van der Waals surface area contributed by atoms with Crippen LogP contribution >= 0.6 is 15.9 Å². The number of aromatic nitrogens is 2. The van der Waals surface area contributed by atoms with Crippen LogP contribution < -0.4 is 0 Å². The second-order valence-corrected chi connectivity index (χ2v) is 5.24. The Hall–Kier alpha value is -0.390. The number of rotatable bonds is 2. The van der Waals surface area contributed by atoms with E-state index in [0.717, 1.165) is 10.2 Å². The van der Waals surface area contributed by atoms with Gasteiger partial charge in [0.1, 0.15) is 6.10 Å². The van der Waals surface area contributed by atoms with Gasteiger partial charge in [-0.3, -0.25) is 4.68 Å². The normalized spacial score (nSPS) is 33.5. The van der Waals surface area contributed by atoms with Gasteiger partial charge >= 0.3 is 0 Å². The minimum absolute atomic E-state index is 0.223. The molecule has 0 N–H and O–H groups in total. The quantitative estimate of drug-likeness (QED) is 0.772. The van der Waals surface area contributed by atoms with Gasteiger partial charge in [-0.1, -0.05) is 0 Å². The summed E-state index contributed by atoms with van der Waals surface area (Å²) in [5, 5.41) is 4.37. The lowest BCUT2D eigenvalue weighted by Crippen LogP contribution is -2.21. The highest BCUT2D eigenvalue weighted by Gasteiger charge is 2.64. The molecule has 0 amide bonds. The first kappa shape index (κ1) is 9.81. The van der Waals surface area contributed by atoms with Gasteiger partial charge in [-0.05, 0) is 29.8 Å². The van der Waals surface area contributed by atoms with Crippen molar-refractivity contribution in [2.75, 3.05) is 13.2 Å². The summed E-state index contributed by atoms with van der Waals surface area (Å²) in [6.07, 6.45) is 2.06. The zero-order valence-corrected chi connectivity index (χ0v) is 10.3. The van der Waals surface area contributed by atoms with Crippen molar-refractivity contribution < 1.29 is 9.47 Å². The summed E-state index contributed by atoms with van der Waals surface area (Å²) < 4.78 is 14.2. The molecular weight excluding hydrogens is 260 g/mol. The van der Waals surface area contributed by atoms with E-state index in [1.54, 1.807) is 0 Å². The first-order valence-corrected chi connectivity index (χ1v) is 5.93. The van der Waals surface area contributed by atoms with Gasteiger partial charge in [-0.15, -0.1) is 0 Å². The van der Waals surface area contributed by atoms with E-state index >= 15 is 0 Å². The number of halogens is 1. The third kappa shape index (κ3) is 1.23. The molecule has 2 saturated heterocycles. The van der Waals surface area contributed by atoms with Crippen LogP contribution in [0, 0.1) is 0 Å². The first-order valence-electron chi connectivity index (χ1n) is 5.14. The minimum Gasteiger partial charge on any atom is -0.375 e. The number of ether oxygens (including phenoxy) is 2. The van der Waals surface area contributed by atoms with Crippen molar-refractivity contribution >= 4 is 15.9 Å². The molecule has 2 aliphatic rings. The van der Waals surface area contributed by atoms with Crippen molar-refractivity contribution in [3.8, 4) is 0 Å². The van der Waals surface area contributed by atoms with Crippen LogP contribution in [0.15, 0.2) is 10.7 Å². The van der Waals surface area contributed by atoms with Crippen LogP contribution in [-0.2, 0) is 15.1 Å². The fraction of sp³-hybridized carbons (Fsp3) is 0.700. The van der Waals surface area contributed by atoms with E-state index in [2.05, 4.69) is 34.9 Å². The summed E-state index contributed by atoms with van der Waals surface area (Å²) in [4.78, 5) is 0. The zero-order valence-electron chi connectivity index (χ0n) is 8.74. The highest BCUT2D eigenvalue weighted by Crippen LogP contribution is 2.52. The molecule has 4 nitrogen and oxygen atoms in total. The topological polar surface area (TPSA) is 39.6 Å². The van der Waals surface area contributed by atoms with E-state index < -0.39 is 0 Å². The van der Waals surface area contributed by atoms with Gasteiger partial charge < -0.3 is 9.47 Å². The van der Waals surface area contributed by atoms with Crippen molar-refractivity contribution in [3.63, 3.8) is 0 Å².